The zero-order valence-electron chi connectivity index (χ0n) is 14.4. The largest absolute Gasteiger partial charge is 0.273 e. The van der Waals surface area contributed by atoms with Gasteiger partial charge in [-0.25, -0.2) is 19.6 Å². The summed E-state index contributed by atoms with van der Waals surface area (Å²) in [6.07, 6.45) is 3.16. The summed E-state index contributed by atoms with van der Waals surface area (Å²) in [5.41, 5.74) is 5.65. The summed E-state index contributed by atoms with van der Waals surface area (Å²) in [5.74, 6) is -1.51. The van der Waals surface area contributed by atoms with Gasteiger partial charge >= 0.3 is 0 Å². The Morgan fingerprint density at radius 3 is 1.67 bits per heavy atom. The zero-order valence-corrected chi connectivity index (χ0v) is 14.4. The molecule has 2 aromatic carbocycles. The molecule has 0 unspecified atom stereocenters. The van der Waals surface area contributed by atoms with E-state index < -0.39 is 11.6 Å². The first-order valence-corrected chi connectivity index (χ1v) is 8.18. The second kappa shape index (κ2) is 10.5. The maximum absolute atomic E-state index is 13.0. The summed E-state index contributed by atoms with van der Waals surface area (Å²) in [7, 11) is 0. The van der Waals surface area contributed by atoms with Crippen LogP contribution in [0.3, 0.4) is 0 Å². The third-order valence-electron chi connectivity index (χ3n) is 3.31. The van der Waals surface area contributed by atoms with Crippen LogP contribution in [0.5, 0.6) is 0 Å². The van der Waals surface area contributed by atoms with E-state index >= 15 is 0 Å². The van der Waals surface area contributed by atoms with Crippen molar-refractivity contribution >= 4 is 24.2 Å². The molecule has 0 aromatic heterocycles. The molecule has 0 aliphatic heterocycles. The Hall–Kier alpha value is -3.42. The van der Waals surface area contributed by atoms with Gasteiger partial charge in [-0.1, -0.05) is 24.3 Å². The highest BCUT2D eigenvalue weighted by molar-refractivity contribution is 5.83. The van der Waals surface area contributed by atoms with E-state index in [2.05, 4.69) is 21.1 Å². The van der Waals surface area contributed by atoms with E-state index in [0.29, 0.717) is 17.5 Å². The standard InChI is InChI=1S/C19H18F2N4O2/c20-16-6-1-4-14(10-16)12-22-24-18(26)8-3-9-19(27)25-23-13-15-5-2-7-17(21)11-15/h1-2,4-7,10-13H,3,8-9H2,(H,24,26)(H,25,27)/b22-12+,23-13+. The molecule has 140 valence electrons. The molecule has 0 spiro atoms. The Kier molecular flexibility index (Phi) is 7.77. The first-order valence-electron chi connectivity index (χ1n) is 8.18. The van der Waals surface area contributed by atoms with E-state index in [0.717, 1.165) is 0 Å². The summed E-state index contributed by atoms with van der Waals surface area (Å²) >= 11 is 0. The first kappa shape index (κ1) is 19.9. The lowest BCUT2D eigenvalue weighted by atomic mass is 10.2. The molecule has 0 bridgehead atoms. The van der Waals surface area contributed by atoms with Crippen molar-refractivity contribution in [1.29, 1.82) is 0 Å². The summed E-state index contributed by atoms with van der Waals surface area (Å²) < 4.78 is 26.0. The number of carbonyl (C=O) groups excluding carboxylic acids is 2. The smallest absolute Gasteiger partial charge is 0.240 e. The lowest BCUT2D eigenvalue weighted by Gasteiger charge is -2.00. The number of benzene rings is 2. The first-order chi connectivity index (χ1) is 13.0. The quantitative estimate of drug-likeness (QED) is 0.552. The van der Waals surface area contributed by atoms with E-state index in [4.69, 9.17) is 0 Å². The Labute approximate surface area is 155 Å². The Morgan fingerprint density at radius 2 is 1.26 bits per heavy atom. The molecule has 0 radical (unpaired) electrons. The highest BCUT2D eigenvalue weighted by Crippen LogP contribution is 2.01. The molecular weight excluding hydrogens is 354 g/mol. The van der Waals surface area contributed by atoms with Gasteiger partial charge in [0, 0.05) is 12.8 Å². The van der Waals surface area contributed by atoms with Crippen molar-refractivity contribution in [3.8, 4) is 0 Å². The Morgan fingerprint density at radius 1 is 0.815 bits per heavy atom. The Bertz CT molecular complexity index is 784. The predicted molar refractivity (Wildman–Crippen MR) is 98.1 cm³/mol. The maximum atomic E-state index is 13.0. The van der Waals surface area contributed by atoms with Crippen LogP contribution in [0.2, 0.25) is 0 Å². The van der Waals surface area contributed by atoms with Crippen molar-refractivity contribution < 1.29 is 18.4 Å². The molecule has 2 rings (SSSR count). The van der Waals surface area contributed by atoms with Gasteiger partial charge in [0.05, 0.1) is 12.4 Å². The van der Waals surface area contributed by atoms with E-state index in [9.17, 15) is 18.4 Å². The number of halogens is 2. The highest BCUT2D eigenvalue weighted by Gasteiger charge is 2.04. The molecule has 0 heterocycles. The molecule has 0 aliphatic rings. The second-order valence-electron chi connectivity index (χ2n) is 5.55. The fourth-order valence-corrected chi connectivity index (χ4v) is 2.05. The van der Waals surface area contributed by atoms with Crippen LogP contribution in [-0.4, -0.2) is 24.2 Å². The molecule has 2 amide bonds. The highest BCUT2D eigenvalue weighted by atomic mass is 19.1. The molecule has 27 heavy (non-hydrogen) atoms. The number of hydrogen-bond donors (Lipinski definition) is 2. The van der Waals surface area contributed by atoms with Gasteiger partial charge in [-0.2, -0.15) is 10.2 Å². The third-order valence-corrected chi connectivity index (χ3v) is 3.31. The van der Waals surface area contributed by atoms with Gasteiger partial charge < -0.3 is 0 Å². The van der Waals surface area contributed by atoms with Gasteiger partial charge in [0.25, 0.3) is 0 Å². The molecule has 0 fully saturated rings. The van der Waals surface area contributed by atoms with Crippen LogP contribution in [0, 0.1) is 11.6 Å². The second-order valence-corrected chi connectivity index (χ2v) is 5.55. The molecule has 0 atom stereocenters. The molecule has 8 heteroatoms. The van der Waals surface area contributed by atoms with E-state index in [1.165, 1.54) is 48.8 Å². The minimum Gasteiger partial charge on any atom is -0.273 e. The van der Waals surface area contributed by atoms with E-state index in [-0.39, 0.29) is 24.7 Å². The number of nitrogens with one attached hydrogen (secondary N) is 2. The fourth-order valence-electron chi connectivity index (χ4n) is 2.05. The Balaban J connectivity index is 1.63. The number of amides is 2. The topological polar surface area (TPSA) is 82.9 Å². The van der Waals surface area contributed by atoms with Crippen LogP contribution >= 0.6 is 0 Å². The summed E-state index contributed by atoms with van der Waals surface area (Å²) in [6, 6.07) is 11.5. The molecule has 2 aromatic rings. The molecular formula is C19H18F2N4O2. The predicted octanol–water partition coefficient (Wildman–Crippen LogP) is 2.74. The van der Waals surface area contributed by atoms with E-state index in [1.807, 2.05) is 0 Å². The number of rotatable bonds is 8. The summed E-state index contributed by atoms with van der Waals surface area (Å²) in [4.78, 5) is 23.2. The van der Waals surface area contributed by atoms with Crippen molar-refractivity contribution in [1.82, 2.24) is 10.9 Å². The SMILES string of the molecule is O=C(CCCC(=O)N/N=C/c1cccc(F)c1)N/N=C/c1cccc(F)c1. The van der Waals surface area contributed by atoms with Crippen LogP contribution in [0.1, 0.15) is 30.4 Å². The van der Waals surface area contributed by atoms with Crippen molar-refractivity contribution in [3.63, 3.8) is 0 Å². The lowest BCUT2D eigenvalue weighted by Crippen LogP contribution is -2.20. The van der Waals surface area contributed by atoms with Crippen LogP contribution in [-0.2, 0) is 9.59 Å². The van der Waals surface area contributed by atoms with E-state index in [1.54, 1.807) is 12.1 Å². The summed E-state index contributed by atoms with van der Waals surface area (Å²) in [5, 5.41) is 7.45. The van der Waals surface area contributed by atoms with Crippen molar-refractivity contribution in [3.05, 3.63) is 71.3 Å². The van der Waals surface area contributed by atoms with Gasteiger partial charge in [-0.05, 0) is 41.8 Å². The fraction of sp³-hybridized carbons (Fsp3) is 0.158. The average molecular weight is 372 g/mol. The monoisotopic (exact) mass is 372 g/mol. The minimum absolute atomic E-state index is 0.0987. The maximum Gasteiger partial charge on any atom is 0.240 e. The molecule has 0 aliphatic carbocycles. The van der Waals surface area contributed by atoms with Gasteiger partial charge in [0.15, 0.2) is 0 Å². The van der Waals surface area contributed by atoms with Gasteiger partial charge in [0.1, 0.15) is 11.6 Å². The zero-order chi connectivity index (χ0) is 19.5. The third kappa shape index (κ3) is 8.00. The number of carbonyl (C=O) groups is 2. The van der Waals surface area contributed by atoms with Crippen LogP contribution in [0.15, 0.2) is 58.7 Å². The van der Waals surface area contributed by atoms with Gasteiger partial charge in [0.2, 0.25) is 11.8 Å². The molecule has 2 N–H and O–H groups in total. The minimum atomic E-state index is -0.392. The van der Waals surface area contributed by atoms with Crippen molar-refractivity contribution in [2.75, 3.05) is 0 Å². The van der Waals surface area contributed by atoms with Gasteiger partial charge in [-0.15, -0.1) is 0 Å². The molecule has 0 saturated heterocycles. The number of hydrazone groups is 2. The van der Waals surface area contributed by atoms with Crippen molar-refractivity contribution in [2.24, 2.45) is 10.2 Å². The van der Waals surface area contributed by atoms with Gasteiger partial charge in [-0.3, -0.25) is 9.59 Å². The lowest BCUT2D eigenvalue weighted by molar-refractivity contribution is -0.122. The normalized spacial score (nSPS) is 11.0. The van der Waals surface area contributed by atoms with Crippen molar-refractivity contribution in [2.45, 2.75) is 19.3 Å². The van der Waals surface area contributed by atoms with Crippen LogP contribution in [0.25, 0.3) is 0 Å². The summed E-state index contributed by atoms with van der Waals surface area (Å²) in [6.45, 7) is 0. The molecule has 0 saturated carbocycles. The number of hydrogen-bond acceptors (Lipinski definition) is 4. The van der Waals surface area contributed by atoms with Crippen LogP contribution in [0.4, 0.5) is 8.78 Å². The number of nitrogens with zero attached hydrogens (tertiary/aromatic N) is 2. The molecule has 6 nitrogen and oxygen atoms in total. The average Bonchev–Trinajstić information content (AvgIpc) is 2.62. The van der Waals surface area contributed by atoms with Crippen LogP contribution < -0.4 is 10.9 Å².